The molecule has 3 heteroatoms. The molecule has 1 aliphatic carbocycles. The standard InChI is InChI=1S/C16H24BrNS/c1-2-10-18-16(15-11-14(17)12-19-15)13-8-6-4-3-5-7-9-13/h8,11-12,16,18H,2-7,9-10H2,1H3. The third kappa shape index (κ3) is 4.73. The van der Waals surface area contributed by atoms with Crippen molar-refractivity contribution >= 4 is 27.3 Å². The third-order valence-corrected chi connectivity index (χ3v) is 5.43. The van der Waals surface area contributed by atoms with Gasteiger partial charge < -0.3 is 5.32 Å². The maximum atomic E-state index is 3.74. The molecule has 1 unspecified atom stereocenters. The molecule has 2 rings (SSSR count). The summed E-state index contributed by atoms with van der Waals surface area (Å²) in [6.45, 7) is 3.33. The number of allylic oxidation sites excluding steroid dienone is 1. The first-order chi connectivity index (χ1) is 9.31. The van der Waals surface area contributed by atoms with Gasteiger partial charge in [0.2, 0.25) is 0 Å². The van der Waals surface area contributed by atoms with Gasteiger partial charge in [-0.15, -0.1) is 11.3 Å². The van der Waals surface area contributed by atoms with Crippen LogP contribution in [-0.2, 0) is 0 Å². The Balaban J connectivity index is 2.15. The SMILES string of the molecule is CCCNC(C1=CCCCCCC1)c1cc(Br)cs1. The zero-order valence-electron chi connectivity index (χ0n) is 11.8. The molecule has 0 radical (unpaired) electrons. The Bertz CT molecular complexity index is 411. The van der Waals surface area contributed by atoms with Crippen LogP contribution in [0.1, 0.15) is 62.8 Å². The van der Waals surface area contributed by atoms with E-state index in [-0.39, 0.29) is 0 Å². The Labute approximate surface area is 129 Å². The normalized spacial score (nSPS) is 18.5. The maximum Gasteiger partial charge on any atom is 0.0630 e. The predicted molar refractivity (Wildman–Crippen MR) is 88.8 cm³/mol. The quantitative estimate of drug-likeness (QED) is 0.664. The van der Waals surface area contributed by atoms with Crippen LogP contribution in [0.25, 0.3) is 0 Å². The first kappa shape index (κ1) is 15.3. The first-order valence-electron chi connectivity index (χ1n) is 7.47. The second kappa shape index (κ2) is 8.23. The number of nitrogens with one attached hydrogen (secondary N) is 1. The molecule has 0 bridgehead atoms. The van der Waals surface area contributed by atoms with Gasteiger partial charge in [-0.1, -0.05) is 31.4 Å². The average Bonchev–Trinajstić information content (AvgIpc) is 2.78. The van der Waals surface area contributed by atoms with Crippen LogP contribution in [0.2, 0.25) is 0 Å². The van der Waals surface area contributed by atoms with E-state index >= 15 is 0 Å². The van der Waals surface area contributed by atoms with E-state index in [0.29, 0.717) is 6.04 Å². The fourth-order valence-corrected chi connectivity index (χ4v) is 4.22. The van der Waals surface area contributed by atoms with Crippen LogP contribution in [-0.4, -0.2) is 6.54 Å². The minimum Gasteiger partial charge on any atom is -0.306 e. The first-order valence-corrected chi connectivity index (χ1v) is 9.14. The van der Waals surface area contributed by atoms with Gasteiger partial charge in [0.1, 0.15) is 0 Å². The van der Waals surface area contributed by atoms with Crippen molar-refractivity contribution in [2.45, 2.75) is 57.9 Å². The van der Waals surface area contributed by atoms with E-state index in [4.69, 9.17) is 0 Å². The highest BCUT2D eigenvalue weighted by atomic mass is 79.9. The van der Waals surface area contributed by atoms with Crippen molar-refractivity contribution in [3.8, 4) is 0 Å². The summed E-state index contributed by atoms with van der Waals surface area (Å²) in [5.41, 5.74) is 1.61. The molecule has 0 saturated heterocycles. The topological polar surface area (TPSA) is 12.0 Å². The molecular formula is C16H24BrNS. The van der Waals surface area contributed by atoms with Crippen molar-refractivity contribution in [1.82, 2.24) is 5.32 Å². The Morgan fingerprint density at radius 3 is 2.89 bits per heavy atom. The number of hydrogen-bond donors (Lipinski definition) is 1. The van der Waals surface area contributed by atoms with E-state index in [1.54, 1.807) is 5.57 Å². The second-order valence-corrected chi connectivity index (χ2v) is 7.14. The number of thiophene rings is 1. The summed E-state index contributed by atoms with van der Waals surface area (Å²) < 4.78 is 1.21. The van der Waals surface area contributed by atoms with Crippen molar-refractivity contribution in [1.29, 1.82) is 0 Å². The molecule has 0 aliphatic heterocycles. The molecule has 0 spiro atoms. The van der Waals surface area contributed by atoms with Crippen LogP contribution < -0.4 is 5.32 Å². The number of hydrogen-bond acceptors (Lipinski definition) is 2. The highest BCUT2D eigenvalue weighted by Gasteiger charge is 2.18. The highest BCUT2D eigenvalue weighted by Crippen LogP contribution is 2.33. The van der Waals surface area contributed by atoms with Crippen molar-refractivity contribution in [2.24, 2.45) is 0 Å². The van der Waals surface area contributed by atoms with Crippen LogP contribution in [0.3, 0.4) is 0 Å². The van der Waals surface area contributed by atoms with Gasteiger partial charge in [-0.05, 0) is 60.6 Å². The summed E-state index contributed by atoms with van der Waals surface area (Å²) in [6.07, 6.45) is 11.7. The van der Waals surface area contributed by atoms with Crippen LogP contribution in [0.4, 0.5) is 0 Å². The lowest BCUT2D eigenvalue weighted by atomic mass is 9.94. The largest absolute Gasteiger partial charge is 0.306 e. The molecule has 1 aliphatic rings. The molecule has 1 aromatic heterocycles. The summed E-state index contributed by atoms with van der Waals surface area (Å²) in [4.78, 5) is 1.45. The van der Waals surface area contributed by atoms with E-state index in [0.717, 1.165) is 6.54 Å². The van der Waals surface area contributed by atoms with Crippen LogP contribution in [0.5, 0.6) is 0 Å². The Hall–Kier alpha value is -0.120. The lowest BCUT2D eigenvalue weighted by molar-refractivity contribution is 0.545. The molecule has 0 aromatic carbocycles. The van der Waals surface area contributed by atoms with E-state index in [1.165, 1.54) is 54.3 Å². The molecular weight excluding hydrogens is 318 g/mol. The molecule has 1 atom stereocenters. The van der Waals surface area contributed by atoms with Gasteiger partial charge in [-0.3, -0.25) is 0 Å². The molecule has 106 valence electrons. The molecule has 1 N–H and O–H groups in total. The molecule has 1 heterocycles. The van der Waals surface area contributed by atoms with Gasteiger partial charge in [0, 0.05) is 14.7 Å². The van der Waals surface area contributed by atoms with Crippen LogP contribution in [0.15, 0.2) is 27.6 Å². The third-order valence-electron chi connectivity index (χ3n) is 3.67. The lowest BCUT2D eigenvalue weighted by Crippen LogP contribution is -2.23. The summed E-state index contributed by atoms with van der Waals surface area (Å²) in [6, 6.07) is 2.71. The van der Waals surface area contributed by atoms with E-state index in [9.17, 15) is 0 Å². The molecule has 19 heavy (non-hydrogen) atoms. The van der Waals surface area contributed by atoms with Crippen molar-refractivity contribution in [3.05, 3.63) is 32.4 Å². The minimum absolute atomic E-state index is 0.439. The van der Waals surface area contributed by atoms with Gasteiger partial charge >= 0.3 is 0 Å². The summed E-state index contributed by atoms with van der Waals surface area (Å²) in [7, 11) is 0. The van der Waals surface area contributed by atoms with Gasteiger partial charge in [0.15, 0.2) is 0 Å². The van der Waals surface area contributed by atoms with E-state index in [2.05, 4.69) is 45.7 Å². The molecule has 1 nitrogen and oxygen atoms in total. The minimum atomic E-state index is 0.439. The van der Waals surface area contributed by atoms with E-state index < -0.39 is 0 Å². The molecule has 1 aromatic rings. The monoisotopic (exact) mass is 341 g/mol. The lowest BCUT2D eigenvalue weighted by Gasteiger charge is -2.22. The smallest absolute Gasteiger partial charge is 0.0630 e. The van der Waals surface area contributed by atoms with Crippen molar-refractivity contribution in [2.75, 3.05) is 6.54 Å². The van der Waals surface area contributed by atoms with Gasteiger partial charge in [0.05, 0.1) is 6.04 Å². The van der Waals surface area contributed by atoms with Crippen LogP contribution in [0, 0.1) is 0 Å². The fourth-order valence-electron chi connectivity index (χ4n) is 2.66. The highest BCUT2D eigenvalue weighted by molar-refractivity contribution is 9.10. The average molecular weight is 342 g/mol. The number of rotatable bonds is 5. The molecule has 0 amide bonds. The Morgan fingerprint density at radius 1 is 1.32 bits per heavy atom. The second-order valence-electron chi connectivity index (χ2n) is 5.29. The predicted octanol–water partition coefficient (Wildman–Crippen LogP) is 5.83. The van der Waals surface area contributed by atoms with Gasteiger partial charge in [-0.2, -0.15) is 0 Å². The summed E-state index contributed by atoms with van der Waals surface area (Å²) in [5.74, 6) is 0. The van der Waals surface area contributed by atoms with Crippen molar-refractivity contribution < 1.29 is 0 Å². The number of halogens is 1. The summed E-state index contributed by atoms with van der Waals surface area (Å²) >= 11 is 5.45. The molecule has 0 saturated carbocycles. The maximum absolute atomic E-state index is 3.74. The van der Waals surface area contributed by atoms with Crippen LogP contribution >= 0.6 is 27.3 Å². The zero-order chi connectivity index (χ0) is 13.5. The van der Waals surface area contributed by atoms with Gasteiger partial charge in [-0.25, -0.2) is 0 Å². The molecule has 0 fully saturated rings. The Morgan fingerprint density at radius 2 is 2.16 bits per heavy atom. The van der Waals surface area contributed by atoms with E-state index in [1.807, 2.05) is 11.3 Å². The fraction of sp³-hybridized carbons (Fsp3) is 0.625. The van der Waals surface area contributed by atoms with Crippen molar-refractivity contribution in [3.63, 3.8) is 0 Å². The zero-order valence-corrected chi connectivity index (χ0v) is 14.2. The summed E-state index contributed by atoms with van der Waals surface area (Å²) in [5, 5.41) is 5.93. The Kier molecular flexibility index (Phi) is 6.62. The van der Waals surface area contributed by atoms with Gasteiger partial charge in [0.25, 0.3) is 0 Å².